The highest BCUT2D eigenvalue weighted by atomic mass is 32.1. The number of anilines is 2. The van der Waals surface area contributed by atoms with Crippen LogP contribution in [-0.4, -0.2) is 228 Å². The van der Waals surface area contributed by atoms with Crippen LogP contribution >= 0.6 is 12.2 Å². The Kier molecular flexibility index (Phi) is 35.4. The molecule has 24 N–H and O–H groups in total. The molecule has 0 spiro atoms. The Labute approximate surface area is 669 Å². The maximum Gasteiger partial charge on any atom is 0.336 e. The Morgan fingerprint density at radius 3 is 1.72 bits per heavy atom. The summed E-state index contributed by atoms with van der Waals surface area (Å²) in [5, 5.41) is 103. The van der Waals surface area contributed by atoms with Crippen LogP contribution in [0.3, 0.4) is 0 Å². The van der Waals surface area contributed by atoms with Crippen LogP contribution in [0, 0.1) is 5.41 Å². The molecule has 2 aliphatic rings. The summed E-state index contributed by atoms with van der Waals surface area (Å²) in [7, 11) is 3.81. The first kappa shape index (κ1) is 91.6. The molecule has 40 nitrogen and oxygen atoms in total. The monoisotopic (exact) mass is 1630 g/mol. The number of guanidine groups is 1. The fraction of sp³-hybridized carbons (Fsp3) is 0.387. The van der Waals surface area contributed by atoms with E-state index < -0.39 is 163 Å². The number of aliphatic hydroxyl groups is 3. The first-order chi connectivity index (χ1) is 55.0. The number of carboxylic acids is 1. The van der Waals surface area contributed by atoms with Crippen molar-refractivity contribution in [2.45, 2.75) is 127 Å². The smallest absolute Gasteiger partial charge is 0.336 e. The number of carbonyl (C=O) groups is 13. The van der Waals surface area contributed by atoms with Gasteiger partial charge in [0.15, 0.2) is 16.5 Å². The SMILES string of the molecule is CC(=O)N[C@@H](CC(N)=O)C(=O)N[C@H](C(=O)N[C@@H](C)C(=O)N[C@@H](CCCNC(=N)N)C(=O)N[C@@H](CCCCNC(=O)c1ccc(N=Nc2ccc(N(C)C)cc2)cc1)C(=O)N[C@@H](CO)C(=O)N[C@H](C(=O)NCC(=O)NCC(=O)NCCCNC(=S)Nc1ccc(-c2c3ccc(=O)cc-3oc3cc(O)ccc23)c(C(=O)O)c1)[C@@H](C)O)[C@@H](C)O. The Balaban J connectivity index is 1.04. The van der Waals surface area contributed by atoms with Gasteiger partial charge in [0, 0.05) is 92.8 Å². The molecule has 0 saturated carbocycles. The number of fused-ring (bicyclic) bond motifs is 2. The standard InChI is InChI=1S/C75H96N20O20S/c1-38(85-72(112)64(40(3)98)92-69(109)55(34-59(76)102)86-41(4)99)65(105)88-54(12-9-28-81-74(77)78)67(107)89-53(11-7-8-27-80-66(106)42-13-15-43(16-14-42)93-94-44-17-20-46(21-18-44)95(5)6)68(108)90-56(37-96)70(110)91-63(39(2)97)71(111)84-36-61(104)83-35-60(103)79-29-10-30-82-75(116)87-45-19-24-49(52(31-45)73(113)114)62-50-25-22-47(100)32-57(50)115-58-33-48(101)23-26-51(58)62/h13-26,31-33,38-40,53-56,63-64,96-98,100H,7-12,27-30,34-37H2,1-6H3,(H2,76,102)(H,79,103)(H,80,106)(H,83,104)(H,84,111)(H,85,112)(H,86,99)(H,88,105)(H,89,107)(H,90,108)(H,91,110)(H,92,109)(H,113,114)(H4,77,78,81)(H2,82,87,116)/t38-,39+,40+,53-,54-,55-,56-,63-,64-/m0/s1. The van der Waals surface area contributed by atoms with Crippen molar-refractivity contribution >= 4 is 134 Å². The molecule has 4 aromatic rings. The number of primary amides is 1. The number of carboxylic acid groups (broad SMARTS) is 1. The van der Waals surface area contributed by atoms with Gasteiger partial charge in [-0.05, 0) is 162 Å². The van der Waals surface area contributed by atoms with E-state index in [9.17, 15) is 92.7 Å². The molecule has 9 atom stereocenters. The van der Waals surface area contributed by atoms with Gasteiger partial charge in [-0.2, -0.15) is 10.2 Å². The van der Waals surface area contributed by atoms with Crippen LogP contribution in [0.25, 0.3) is 33.4 Å². The lowest BCUT2D eigenvalue weighted by molar-refractivity contribution is -0.137. The molecule has 0 radical (unpaired) electrons. The second-order valence-electron chi connectivity index (χ2n) is 26.8. The molecule has 4 aromatic carbocycles. The summed E-state index contributed by atoms with van der Waals surface area (Å²) in [6, 6.07) is 14.7. The van der Waals surface area contributed by atoms with Crippen LogP contribution in [0.2, 0.25) is 0 Å². The lowest BCUT2D eigenvalue weighted by Crippen LogP contribution is -2.61. The van der Waals surface area contributed by atoms with Gasteiger partial charge in [0.1, 0.15) is 59.4 Å². The molecule has 0 fully saturated rings. The summed E-state index contributed by atoms with van der Waals surface area (Å²) in [4.78, 5) is 186. The maximum atomic E-state index is 14.4. The number of aromatic hydroxyl groups is 1. The number of nitrogens with zero attached hydrogens (tertiary/aromatic N) is 3. The van der Waals surface area contributed by atoms with Crippen molar-refractivity contribution in [2.75, 3.05) is 70.2 Å². The molecular formula is C75H96N20O20S. The molecule has 1 aliphatic heterocycles. The van der Waals surface area contributed by atoms with Crippen LogP contribution in [0.5, 0.6) is 5.75 Å². The summed E-state index contributed by atoms with van der Waals surface area (Å²) in [5.74, 6) is -13.2. The van der Waals surface area contributed by atoms with Gasteiger partial charge in [-0.15, -0.1) is 0 Å². The lowest BCUT2D eigenvalue weighted by atomic mass is 9.90. The van der Waals surface area contributed by atoms with Crippen molar-refractivity contribution in [3.8, 4) is 28.2 Å². The van der Waals surface area contributed by atoms with Crippen molar-refractivity contribution < 1.29 is 92.3 Å². The van der Waals surface area contributed by atoms with E-state index >= 15 is 0 Å². The number of phenolic OH excluding ortho intramolecular Hbond substituents is 1. The Morgan fingerprint density at radius 2 is 1.11 bits per heavy atom. The van der Waals surface area contributed by atoms with Gasteiger partial charge in [0.25, 0.3) is 5.91 Å². The molecule has 0 unspecified atom stereocenters. The molecule has 116 heavy (non-hydrogen) atoms. The number of phenols is 1. The van der Waals surface area contributed by atoms with Gasteiger partial charge in [-0.3, -0.25) is 67.7 Å². The highest BCUT2D eigenvalue weighted by Gasteiger charge is 2.36. The highest BCUT2D eigenvalue weighted by molar-refractivity contribution is 7.80. The number of nitrogens with one attached hydrogen (secondary N) is 15. The summed E-state index contributed by atoms with van der Waals surface area (Å²) in [5.41, 5.74) is 14.2. The van der Waals surface area contributed by atoms with Gasteiger partial charge in [0.2, 0.25) is 65.0 Å². The zero-order chi connectivity index (χ0) is 85.5. The number of amides is 12. The van der Waals surface area contributed by atoms with Gasteiger partial charge < -0.3 is 121 Å². The minimum absolute atomic E-state index is 0.0199. The Hall–Kier alpha value is -13.3. The van der Waals surface area contributed by atoms with E-state index in [-0.39, 0.29) is 103 Å². The third kappa shape index (κ3) is 29.0. The van der Waals surface area contributed by atoms with E-state index in [4.69, 9.17) is 33.5 Å². The van der Waals surface area contributed by atoms with Gasteiger partial charge in [0.05, 0.1) is 55.3 Å². The molecule has 41 heteroatoms. The number of nitrogens with two attached hydrogens (primary N) is 2. The van der Waals surface area contributed by atoms with E-state index in [2.05, 4.69) is 84.7 Å². The topological polar surface area (TPSA) is 626 Å². The minimum Gasteiger partial charge on any atom is -0.508 e. The van der Waals surface area contributed by atoms with Crippen LogP contribution < -0.4 is 96.2 Å². The average molecular weight is 1630 g/mol. The Morgan fingerprint density at radius 1 is 0.560 bits per heavy atom. The minimum atomic E-state index is -1.91. The zero-order valence-corrected chi connectivity index (χ0v) is 65.0. The molecule has 1 aliphatic carbocycles. The number of carbonyl (C=O) groups excluding carboxylic acids is 12. The van der Waals surface area contributed by atoms with E-state index in [1.165, 1.54) is 55.5 Å². The van der Waals surface area contributed by atoms with E-state index in [0.29, 0.717) is 40.0 Å². The number of thiocarbonyl (C=S) groups is 1. The molecule has 12 amide bonds. The highest BCUT2D eigenvalue weighted by Crippen LogP contribution is 2.42. The first-order valence-corrected chi connectivity index (χ1v) is 36.9. The molecule has 6 rings (SSSR count). The predicted octanol–water partition coefficient (Wildman–Crippen LogP) is -1.60. The fourth-order valence-corrected chi connectivity index (χ4v) is 11.5. The van der Waals surface area contributed by atoms with Crippen molar-refractivity contribution in [2.24, 2.45) is 21.7 Å². The number of aliphatic hydroxyl groups excluding tert-OH is 3. The second kappa shape index (κ2) is 44.8. The van der Waals surface area contributed by atoms with Crippen LogP contribution in [-0.2, 0) is 52.7 Å². The van der Waals surface area contributed by atoms with Gasteiger partial charge in [-0.1, -0.05) is 6.07 Å². The average Bonchev–Trinajstić information content (AvgIpc) is 0.750. The van der Waals surface area contributed by atoms with Crippen LogP contribution in [0.15, 0.2) is 123 Å². The summed E-state index contributed by atoms with van der Waals surface area (Å²) in [6.07, 6.45) is -3.96. The molecule has 0 saturated heterocycles. The normalized spacial score (nSPS) is 13.4. The summed E-state index contributed by atoms with van der Waals surface area (Å²) >= 11 is 5.43. The number of aromatic carboxylic acids is 1. The third-order valence-electron chi connectivity index (χ3n) is 17.3. The van der Waals surface area contributed by atoms with Crippen molar-refractivity contribution in [3.05, 3.63) is 124 Å². The van der Waals surface area contributed by atoms with Crippen LogP contribution in [0.1, 0.15) is 93.4 Å². The first-order valence-electron chi connectivity index (χ1n) is 36.5. The molecule has 622 valence electrons. The number of benzene rings is 5. The van der Waals surface area contributed by atoms with E-state index in [1.54, 1.807) is 42.5 Å². The van der Waals surface area contributed by atoms with Crippen molar-refractivity contribution in [1.82, 2.24) is 69.1 Å². The van der Waals surface area contributed by atoms with Crippen molar-refractivity contribution in [1.29, 1.82) is 5.41 Å². The fourth-order valence-electron chi connectivity index (χ4n) is 11.3. The largest absolute Gasteiger partial charge is 0.508 e. The second-order valence-corrected chi connectivity index (χ2v) is 27.2. The van der Waals surface area contributed by atoms with Crippen molar-refractivity contribution in [3.63, 3.8) is 0 Å². The maximum absolute atomic E-state index is 14.4. The lowest BCUT2D eigenvalue weighted by Gasteiger charge is -2.27. The number of rotatable bonds is 43. The zero-order valence-electron chi connectivity index (χ0n) is 64.2. The summed E-state index contributed by atoms with van der Waals surface area (Å²) < 4.78 is 5.90. The molecule has 0 aromatic heterocycles. The Bertz CT molecular complexity index is 4600. The number of hydrogen-bond acceptors (Lipinski definition) is 24. The molecular weight excluding hydrogens is 1530 g/mol. The van der Waals surface area contributed by atoms with E-state index in [1.807, 2.05) is 31.1 Å². The number of azo groups is 1. The number of unbranched alkanes of at least 4 members (excludes halogenated alkanes) is 1. The van der Waals surface area contributed by atoms with Gasteiger partial charge >= 0.3 is 5.97 Å². The quantitative estimate of drug-likeness (QED) is 0.00512. The molecule has 0 bridgehead atoms. The summed E-state index contributed by atoms with van der Waals surface area (Å²) in [6.45, 7) is 2.25. The van der Waals surface area contributed by atoms with E-state index in [0.717, 1.165) is 26.5 Å². The third-order valence-corrected chi connectivity index (χ3v) is 17.6. The predicted molar refractivity (Wildman–Crippen MR) is 427 cm³/mol. The number of hydrogen-bond donors (Lipinski definition) is 22. The molecule has 1 heterocycles. The van der Waals surface area contributed by atoms with Crippen LogP contribution in [0.4, 0.5) is 22.7 Å². The van der Waals surface area contributed by atoms with Gasteiger partial charge in [-0.25, -0.2) is 4.79 Å².